The van der Waals surface area contributed by atoms with E-state index in [2.05, 4.69) is 5.32 Å². The van der Waals surface area contributed by atoms with Crippen LogP contribution in [0.3, 0.4) is 0 Å². The van der Waals surface area contributed by atoms with Crippen molar-refractivity contribution in [2.45, 2.75) is 32.6 Å². The molecule has 1 aromatic rings. The van der Waals surface area contributed by atoms with Crippen LogP contribution in [0.25, 0.3) is 0 Å². The van der Waals surface area contributed by atoms with Gasteiger partial charge < -0.3 is 11.1 Å². The van der Waals surface area contributed by atoms with Crippen LogP contribution in [0.15, 0.2) is 24.3 Å². The average Bonchev–Trinajstić information content (AvgIpc) is 2.34. The van der Waals surface area contributed by atoms with Crippen molar-refractivity contribution in [3.63, 3.8) is 0 Å². The Balaban J connectivity index is 2.66. The highest BCUT2D eigenvalue weighted by atomic mass is 19.4. The van der Waals surface area contributed by atoms with Gasteiger partial charge in [0.15, 0.2) is 0 Å². The highest BCUT2D eigenvalue weighted by molar-refractivity contribution is 5.78. The van der Waals surface area contributed by atoms with Gasteiger partial charge >= 0.3 is 6.18 Å². The summed E-state index contributed by atoms with van der Waals surface area (Å²) in [4.78, 5) is 11.6. The van der Waals surface area contributed by atoms with Crippen molar-refractivity contribution >= 4 is 5.91 Å². The quantitative estimate of drug-likeness (QED) is 0.885. The Bertz CT molecular complexity index is 444. The van der Waals surface area contributed by atoms with E-state index in [1.54, 1.807) is 13.8 Å². The Labute approximate surface area is 110 Å². The number of halogens is 3. The molecule has 2 unspecified atom stereocenters. The topological polar surface area (TPSA) is 55.1 Å². The van der Waals surface area contributed by atoms with Crippen molar-refractivity contribution in [3.8, 4) is 0 Å². The van der Waals surface area contributed by atoms with Gasteiger partial charge in [-0.1, -0.05) is 19.1 Å². The summed E-state index contributed by atoms with van der Waals surface area (Å²) >= 11 is 0. The van der Waals surface area contributed by atoms with E-state index in [9.17, 15) is 18.0 Å². The van der Waals surface area contributed by atoms with Crippen LogP contribution in [0.5, 0.6) is 0 Å². The number of alkyl halides is 3. The molecule has 0 radical (unpaired) electrons. The van der Waals surface area contributed by atoms with E-state index in [1.165, 1.54) is 12.1 Å². The van der Waals surface area contributed by atoms with Crippen molar-refractivity contribution < 1.29 is 18.0 Å². The van der Waals surface area contributed by atoms with Crippen molar-refractivity contribution in [3.05, 3.63) is 35.4 Å². The second-order valence-electron chi connectivity index (χ2n) is 4.56. The maximum absolute atomic E-state index is 12.5. The van der Waals surface area contributed by atoms with E-state index in [0.29, 0.717) is 5.56 Å². The first-order valence-corrected chi connectivity index (χ1v) is 5.91. The highest BCUT2D eigenvalue weighted by Crippen LogP contribution is 2.29. The Morgan fingerprint density at radius 1 is 1.37 bits per heavy atom. The Morgan fingerprint density at radius 3 is 2.53 bits per heavy atom. The maximum atomic E-state index is 12.5. The van der Waals surface area contributed by atoms with Crippen LogP contribution < -0.4 is 11.1 Å². The molecular formula is C13H17F3N2O. The summed E-state index contributed by atoms with van der Waals surface area (Å²) < 4.78 is 37.5. The number of hydrogen-bond acceptors (Lipinski definition) is 2. The smallest absolute Gasteiger partial charge is 0.352 e. The summed E-state index contributed by atoms with van der Waals surface area (Å²) in [6, 6.07) is 4.57. The van der Waals surface area contributed by atoms with Gasteiger partial charge in [-0.25, -0.2) is 0 Å². The van der Waals surface area contributed by atoms with Gasteiger partial charge in [0.05, 0.1) is 5.56 Å². The molecule has 3 nitrogen and oxygen atoms in total. The third-order valence-electron chi connectivity index (χ3n) is 2.92. The van der Waals surface area contributed by atoms with E-state index in [4.69, 9.17) is 5.73 Å². The summed E-state index contributed by atoms with van der Waals surface area (Å²) in [6.45, 7) is 3.43. The van der Waals surface area contributed by atoms with Crippen LogP contribution >= 0.6 is 0 Å². The molecule has 3 N–H and O–H groups in total. The third kappa shape index (κ3) is 4.55. The number of nitrogens with two attached hydrogens (primary N) is 1. The lowest BCUT2D eigenvalue weighted by atomic mass is 10.0. The first-order chi connectivity index (χ1) is 8.71. The fraction of sp³-hybridized carbons (Fsp3) is 0.462. The van der Waals surface area contributed by atoms with Crippen LogP contribution in [0.1, 0.15) is 25.0 Å². The fourth-order valence-corrected chi connectivity index (χ4v) is 1.45. The molecule has 2 atom stereocenters. The van der Waals surface area contributed by atoms with Crippen molar-refractivity contribution in [2.75, 3.05) is 0 Å². The van der Waals surface area contributed by atoms with Gasteiger partial charge in [-0.05, 0) is 24.6 Å². The molecule has 0 bridgehead atoms. The van der Waals surface area contributed by atoms with Gasteiger partial charge in [-0.15, -0.1) is 0 Å². The molecule has 19 heavy (non-hydrogen) atoms. The summed E-state index contributed by atoms with van der Waals surface area (Å²) in [5.41, 5.74) is 5.26. The number of nitrogens with one attached hydrogen (secondary N) is 1. The van der Waals surface area contributed by atoms with Crippen LogP contribution in [0.2, 0.25) is 0 Å². The molecule has 0 saturated heterocycles. The minimum Gasteiger partial charge on any atom is -0.352 e. The molecule has 0 spiro atoms. The molecule has 0 aliphatic heterocycles. The summed E-state index contributed by atoms with van der Waals surface area (Å²) in [5, 5.41) is 2.57. The maximum Gasteiger partial charge on any atom is 0.416 e. The molecule has 0 aromatic heterocycles. The van der Waals surface area contributed by atoms with Crippen LogP contribution in [0, 0.1) is 5.92 Å². The highest BCUT2D eigenvalue weighted by Gasteiger charge is 2.30. The zero-order valence-corrected chi connectivity index (χ0v) is 10.8. The predicted molar refractivity (Wildman–Crippen MR) is 66.1 cm³/mol. The lowest BCUT2D eigenvalue weighted by Crippen LogP contribution is -2.38. The van der Waals surface area contributed by atoms with Crippen LogP contribution in [-0.4, -0.2) is 11.9 Å². The molecule has 0 aliphatic carbocycles. The molecule has 0 fully saturated rings. The second kappa shape index (κ2) is 6.06. The standard InChI is InChI=1S/C13H17F3N2O/c1-8(9(2)17)12(19)18-7-10-4-3-5-11(6-10)13(14,15)16/h3-6,8-9H,7,17H2,1-2H3,(H,18,19). The number of hydrogen-bond donors (Lipinski definition) is 2. The van der Waals surface area contributed by atoms with Gasteiger partial charge in [0.25, 0.3) is 0 Å². The first-order valence-electron chi connectivity index (χ1n) is 5.91. The van der Waals surface area contributed by atoms with E-state index >= 15 is 0 Å². The van der Waals surface area contributed by atoms with Gasteiger partial charge in [0, 0.05) is 18.5 Å². The summed E-state index contributed by atoms with van der Waals surface area (Å²) in [6.07, 6.45) is -4.38. The van der Waals surface area contributed by atoms with Crippen molar-refractivity contribution in [2.24, 2.45) is 11.7 Å². The predicted octanol–water partition coefficient (Wildman–Crippen LogP) is 2.30. The Morgan fingerprint density at radius 2 is 2.00 bits per heavy atom. The number of amides is 1. The molecule has 6 heteroatoms. The molecule has 0 aliphatic rings. The molecule has 1 amide bonds. The average molecular weight is 274 g/mol. The zero-order valence-electron chi connectivity index (χ0n) is 10.8. The van der Waals surface area contributed by atoms with E-state index in [1.807, 2.05) is 0 Å². The fourth-order valence-electron chi connectivity index (χ4n) is 1.45. The molecule has 0 saturated carbocycles. The molecule has 106 valence electrons. The van der Waals surface area contributed by atoms with Crippen molar-refractivity contribution in [1.82, 2.24) is 5.32 Å². The zero-order chi connectivity index (χ0) is 14.6. The van der Waals surface area contributed by atoms with Gasteiger partial charge in [0.1, 0.15) is 0 Å². The van der Waals surface area contributed by atoms with Gasteiger partial charge in [-0.3, -0.25) is 4.79 Å². The van der Waals surface area contributed by atoms with Crippen molar-refractivity contribution in [1.29, 1.82) is 0 Å². The lowest BCUT2D eigenvalue weighted by Gasteiger charge is -2.15. The Kier molecular flexibility index (Phi) is 4.94. The minimum absolute atomic E-state index is 0.0554. The second-order valence-corrected chi connectivity index (χ2v) is 4.56. The largest absolute Gasteiger partial charge is 0.416 e. The molecule has 1 aromatic carbocycles. The minimum atomic E-state index is -4.38. The first kappa shape index (κ1) is 15.5. The molecule has 1 rings (SSSR count). The van der Waals surface area contributed by atoms with Gasteiger partial charge in [0.2, 0.25) is 5.91 Å². The monoisotopic (exact) mass is 274 g/mol. The SMILES string of the molecule is CC(N)C(C)C(=O)NCc1cccc(C(F)(F)F)c1. The number of benzene rings is 1. The summed E-state index contributed by atoms with van der Waals surface area (Å²) in [7, 11) is 0. The number of rotatable bonds is 4. The Hall–Kier alpha value is -1.56. The van der Waals surface area contributed by atoms with E-state index in [-0.39, 0.29) is 24.4 Å². The third-order valence-corrected chi connectivity index (χ3v) is 2.92. The van der Waals surface area contributed by atoms with Crippen LogP contribution in [0.4, 0.5) is 13.2 Å². The van der Waals surface area contributed by atoms with E-state index < -0.39 is 11.7 Å². The molecular weight excluding hydrogens is 257 g/mol. The normalized spacial score (nSPS) is 14.8. The van der Waals surface area contributed by atoms with Gasteiger partial charge in [-0.2, -0.15) is 13.2 Å². The molecule has 0 heterocycles. The lowest BCUT2D eigenvalue weighted by molar-refractivity contribution is -0.137. The number of carbonyl (C=O) groups is 1. The summed E-state index contributed by atoms with van der Waals surface area (Å²) in [5.74, 6) is -0.654. The number of carbonyl (C=O) groups excluding carboxylic acids is 1. The van der Waals surface area contributed by atoms with E-state index in [0.717, 1.165) is 12.1 Å². The van der Waals surface area contributed by atoms with Crippen LogP contribution in [-0.2, 0) is 17.5 Å².